The van der Waals surface area contributed by atoms with E-state index in [1.807, 2.05) is 5.32 Å². The Morgan fingerprint density at radius 2 is 1.50 bits per heavy atom. The quantitative estimate of drug-likeness (QED) is 0.622. The molecule has 0 saturated carbocycles. The number of benzene rings is 1. The number of alkyl halides is 3. The molecule has 0 bridgehead atoms. The Kier molecular flexibility index (Phi) is 3.47. The van der Waals surface area contributed by atoms with Gasteiger partial charge in [0, 0.05) is 0 Å². The van der Waals surface area contributed by atoms with E-state index >= 15 is 0 Å². The van der Waals surface area contributed by atoms with Crippen LogP contribution in [0.3, 0.4) is 0 Å². The van der Waals surface area contributed by atoms with Crippen LogP contribution in [0.25, 0.3) is 0 Å². The molecule has 0 saturated heterocycles. The smallest absolute Gasteiger partial charge is 0.306 e. The average molecular weight is 243 g/mol. The lowest BCUT2D eigenvalue weighted by Gasteiger charge is -2.20. The topological polar surface area (TPSA) is 12.0 Å². The van der Waals surface area contributed by atoms with Crippen LogP contribution < -0.4 is 5.32 Å². The zero-order valence-corrected chi connectivity index (χ0v) is 8.00. The molecule has 1 N–H and O–H groups in total. The van der Waals surface area contributed by atoms with Crippen molar-refractivity contribution in [2.45, 2.75) is 12.2 Å². The SMILES string of the molecule is CNC(c1cc(F)c(F)c(F)c1)C(F)(F)F. The summed E-state index contributed by atoms with van der Waals surface area (Å²) in [6, 6.07) is -1.61. The molecule has 7 heteroatoms. The molecule has 16 heavy (non-hydrogen) atoms. The third-order valence-corrected chi connectivity index (χ3v) is 1.96. The number of hydrogen-bond acceptors (Lipinski definition) is 1. The van der Waals surface area contributed by atoms with Crippen LogP contribution in [0.5, 0.6) is 0 Å². The molecule has 90 valence electrons. The molecule has 0 fully saturated rings. The molecule has 0 aliphatic rings. The van der Waals surface area contributed by atoms with E-state index in [0.717, 1.165) is 7.05 Å². The predicted molar refractivity (Wildman–Crippen MR) is 44.2 cm³/mol. The van der Waals surface area contributed by atoms with Crippen LogP contribution >= 0.6 is 0 Å². The Hall–Kier alpha value is -1.24. The summed E-state index contributed by atoms with van der Waals surface area (Å²) in [5.74, 6) is -5.10. The van der Waals surface area contributed by atoms with E-state index in [-0.39, 0.29) is 0 Å². The van der Waals surface area contributed by atoms with Crippen molar-refractivity contribution in [3.8, 4) is 0 Å². The van der Waals surface area contributed by atoms with Crippen molar-refractivity contribution >= 4 is 0 Å². The van der Waals surface area contributed by atoms with Gasteiger partial charge in [-0.2, -0.15) is 13.2 Å². The second kappa shape index (κ2) is 4.32. The molecule has 0 heterocycles. The van der Waals surface area contributed by atoms with Gasteiger partial charge < -0.3 is 5.32 Å². The lowest BCUT2D eigenvalue weighted by atomic mass is 10.1. The largest absolute Gasteiger partial charge is 0.407 e. The summed E-state index contributed by atoms with van der Waals surface area (Å²) in [5.41, 5.74) is -0.716. The fourth-order valence-corrected chi connectivity index (χ4v) is 1.26. The Balaban J connectivity index is 3.22. The summed E-state index contributed by atoms with van der Waals surface area (Å²) in [4.78, 5) is 0. The molecule has 0 aliphatic heterocycles. The molecule has 1 atom stereocenters. The first kappa shape index (κ1) is 12.8. The zero-order chi connectivity index (χ0) is 12.5. The van der Waals surface area contributed by atoms with Crippen molar-refractivity contribution in [3.05, 3.63) is 35.1 Å². The summed E-state index contributed by atoms with van der Waals surface area (Å²) in [6.45, 7) is 0. The van der Waals surface area contributed by atoms with Gasteiger partial charge in [-0.1, -0.05) is 0 Å². The van der Waals surface area contributed by atoms with Gasteiger partial charge >= 0.3 is 6.18 Å². The molecule has 0 aliphatic carbocycles. The van der Waals surface area contributed by atoms with E-state index in [1.165, 1.54) is 0 Å². The Morgan fingerprint density at radius 3 is 1.81 bits per heavy atom. The highest BCUT2D eigenvalue weighted by Crippen LogP contribution is 2.33. The van der Waals surface area contributed by atoms with Crippen LogP contribution in [-0.4, -0.2) is 13.2 Å². The highest BCUT2D eigenvalue weighted by molar-refractivity contribution is 5.23. The fraction of sp³-hybridized carbons (Fsp3) is 0.333. The molecular formula is C9H7F6N. The lowest BCUT2D eigenvalue weighted by molar-refractivity contribution is -0.156. The maximum atomic E-state index is 12.7. The van der Waals surface area contributed by atoms with Gasteiger partial charge in [-0.15, -0.1) is 0 Å². The van der Waals surface area contributed by atoms with Crippen LogP contribution in [0.1, 0.15) is 11.6 Å². The minimum Gasteiger partial charge on any atom is -0.306 e. The fourth-order valence-electron chi connectivity index (χ4n) is 1.26. The van der Waals surface area contributed by atoms with Gasteiger partial charge in [0.15, 0.2) is 17.5 Å². The van der Waals surface area contributed by atoms with Gasteiger partial charge in [0.05, 0.1) is 0 Å². The summed E-state index contributed by atoms with van der Waals surface area (Å²) in [7, 11) is 0.983. The number of halogens is 6. The Labute approximate surface area is 87.1 Å². The second-order valence-electron chi connectivity index (χ2n) is 3.06. The van der Waals surface area contributed by atoms with Crippen LogP contribution in [0.15, 0.2) is 12.1 Å². The van der Waals surface area contributed by atoms with E-state index < -0.39 is 35.2 Å². The molecule has 0 radical (unpaired) electrons. The summed E-state index contributed by atoms with van der Waals surface area (Å²) in [5, 5.41) is 1.85. The number of nitrogens with one attached hydrogen (secondary N) is 1. The minimum absolute atomic E-state index is 0.313. The molecule has 1 aromatic carbocycles. The molecule has 1 aromatic rings. The average Bonchev–Trinajstić information content (AvgIpc) is 2.12. The Bertz CT molecular complexity index is 363. The molecular weight excluding hydrogens is 236 g/mol. The monoisotopic (exact) mass is 243 g/mol. The first-order chi connectivity index (χ1) is 7.27. The third kappa shape index (κ3) is 2.46. The first-order valence-corrected chi connectivity index (χ1v) is 4.15. The highest BCUT2D eigenvalue weighted by Gasteiger charge is 2.40. The first-order valence-electron chi connectivity index (χ1n) is 4.15. The predicted octanol–water partition coefficient (Wildman–Crippen LogP) is 2.93. The molecule has 0 aromatic heterocycles. The summed E-state index contributed by atoms with van der Waals surface area (Å²) in [6.07, 6.45) is -4.72. The molecule has 0 amide bonds. The lowest BCUT2D eigenvalue weighted by Crippen LogP contribution is -2.31. The maximum absolute atomic E-state index is 12.7. The van der Waals surface area contributed by atoms with Gasteiger partial charge in [0.2, 0.25) is 0 Å². The van der Waals surface area contributed by atoms with Crippen LogP contribution in [0.4, 0.5) is 26.3 Å². The third-order valence-electron chi connectivity index (χ3n) is 1.96. The minimum atomic E-state index is -4.72. The maximum Gasteiger partial charge on any atom is 0.407 e. The van der Waals surface area contributed by atoms with E-state index in [4.69, 9.17) is 0 Å². The van der Waals surface area contributed by atoms with Crippen molar-refractivity contribution in [2.24, 2.45) is 0 Å². The van der Waals surface area contributed by atoms with E-state index in [9.17, 15) is 26.3 Å². The van der Waals surface area contributed by atoms with Crippen molar-refractivity contribution in [2.75, 3.05) is 7.05 Å². The van der Waals surface area contributed by atoms with Gasteiger partial charge in [0.1, 0.15) is 6.04 Å². The van der Waals surface area contributed by atoms with Gasteiger partial charge in [-0.3, -0.25) is 0 Å². The standard InChI is InChI=1S/C9H7F6N/c1-16-8(9(13,14)15)4-2-5(10)7(12)6(11)3-4/h2-3,8,16H,1H3. The van der Waals surface area contributed by atoms with Crippen molar-refractivity contribution < 1.29 is 26.3 Å². The van der Waals surface area contributed by atoms with Crippen LogP contribution in [-0.2, 0) is 0 Å². The van der Waals surface area contributed by atoms with E-state index in [1.54, 1.807) is 0 Å². The van der Waals surface area contributed by atoms with Gasteiger partial charge in [-0.25, -0.2) is 13.2 Å². The molecule has 0 spiro atoms. The van der Waals surface area contributed by atoms with E-state index in [2.05, 4.69) is 0 Å². The van der Waals surface area contributed by atoms with Crippen LogP contribution in [0.2, 0.25) is 0 Å². The van der Waals surface area contributed by atoms with Crippen molar-refractivity contribution in [1.29, 1.82) is 0 Å². The highest BCUT2D eigenvalue weighted by atomic mass is 19.4. The van der Waals surface area contributed by atoms with E-state index in [0.29, 0.717) is 12.1 Å². The van der Waals surface area contributed by atoms with Gasteiger partial charge in [-0.05, 0) is 24.7 Å². The molecule has 1 rings (SSSR count). The Morgan fingerprint density at radius 1 is 1.06 bits per heavy atom. The summed E-state index contributed by atoms with van der Waals surface area (Å²) >= 11 is 0. The normalized spacial score (nSPS) is 13.9. The molecule has 1 unspecified atom stereocenters. The van der Waals surface area contributed by atoms with Crippen molar-refractivity contribution in [1.82, 2.24) is 5.32 Å². The number of hydrogen-bond donors (Lipinski definition) is 1. The second-order valence-corrected chi connectivity index (χ2v) is 3.06. The van der Waals surface area contributed by atoms with Crippen LogP contribution in [0, 0.1) is 17.5 Å². The summed E-state index contributed by atoms with van der Waals surface area (Å²) < 4.78 is 75.1. The molecule has 1 nitrogen and oxygen atoms in total. The zero-order valence-electron chi connectivity index (χ0n) is 8.00. The van der Waals surface area contributed by atoms with Crippen molar-refractivity contribution in [3.63, 3.8) is 0 Å². The number of rotatable bonds is 2. The van der Waals surface area contributed by atoms with Gasteiger partial charge in [0.25, 0.3) is 0 Å².